The molecular formula is C13H14INO. The van der Waals surface area contributed by atoms with E-state index in [2.05, 4.69) is 32.0 Å². The molecule has 0 aromatic heterocycles. The number of ketones is 1. The fourth-order valence-electron chi connectivity index (χ4n) is 2.94. The van der Waals surface area contributed by atoms with Gasteiger partial charge in [-0.1, -0.05) is 25.0 Å². The number of hydrogen-bond donors (Lipinski definition) is 0. The van der Waals surface area contributed by atoms with Crippen molar-refractivity contribution in [2.45, 2.75) is 31.7 Å². The molecule has 0 N–H and O–H groups in total. The monoisotopic (exact) mass is 327 g/mol. The molecule has 2 aliphatic rings. The molecule has 0 bridgehead atoms. The van der Waals surface area contributed by atoms with Gasteiger partial charge in [-0.05, 0) is 25.0 Å². The summed E-state index contributed by atoms with van der Waals surface area (Å²) in [5.41, 5.74) is 2.02. The number of nitrogens with zero attached hydrogens (tertiary/aromatic N) is 1. The molecule has 1 aromatic rings. The molecule has 0 amide bonds. The molecule has 2 atom stereocenters. The predicted molar refractivity (Wildman–Crippen MR) is 73.0 cm³/mol. The lowest BCUT2D eigenvalue weighted by atomic mass is 9.77. The van der Waals surface area contributed by atoms with Gasteiger partial charge in [-0.3, -0.25) is 4.79 Å². The predicted octanol–water partition coefficient (Wildman–Crippen LogP) is 3.60. The van der Waals surface area contributed by atoms with Gasteiger partial charge in [0.2, 0.25) is 0 Å². The van der Waals surface area contributed by atoms with Crippen molar-refractivity contribution >= 4 is 34.3 Å². The van der Waals surface area contributed by atoms with Crippen LogP contribution in [0.25, 0.3) is 0 Å². The van der Waals surface area contributed by atoms with Gasteiger partial charge >= 0.3 is 0 Å². The molecule has 1 aliphatic carbocycles. The van der Waals surface area contributed by atoms with E-state index in [0.29, 0.717) is 11.8 Å². The highest BCUT2D eigenvalue weighted by atomic mass is 127. The van der Waals surface area contributed by atoms with Crippen LogP contribution in [0.15, 0.2) is 24.3 Å². The van der Waals surface area contributed by atoms with Gasteiger partial charge in [0, 0.05) is 17.5 Å². The number of hydrogen-bond acceptors (Lipinski definition) is 2. The van der Waals surface area contributed by atoms with Crippen LogP contribution in [0.3, 0.4) is 0 Å². The van der Waals surface area contributed by atoms with Crippen LogP contribution in [0.4, 0.5) is 5.69 Å². The first kappa shape index (κ1) is 10.6. The SMILES string of the molecule is O=C1c2ccccc2N(I)C2CCCCC12. The number of carbonyl (C=O) groups excluding carboxylic acids is 1. The van der Waals surface area contributed by atoms with Crippen molar-refractivity contribution in [3.05, 3.63) is 29.8 Å². The average molecular weight is 327 g/mol. The van der Waals surface area contributed by atoms with Crippen LogP contribution in [0.1, 0.15) is 36.0 Å². The van der Waals surface area contributed by atoms with Gasteiger partial charge in [0.05, 0.1) is 28.6 Å². The Morgan fingerprint density at radius 1 is 1.19 bits per heavy atom. The zero-order valence-corrected chi connectivity index (χ0v) is 11.2. The number of halogens is 1. The van der Waals surface area contributed by atoms with E-state index in [1.807, 2.05) is 18.2 Å². The average Bonchev–Trinajstić information content (AvgIpc) is 2.36. The smallest absolute Gasteiger partial charge is 0.170 e. The number of anilines is 1. The molecule has 0 radical (unpaired) electrons. The quantitative estimate of drug-likeness (QED) is 0.536. The van der Waals surface area contributed by atoms with E-state index < -0.39 is 0 Å². The summed E-state index contributed by atoms with van der Waals surface area (Å²) in [4.78, 5) is 12.4. The van der Waals surface area contributed by atoms with E-state index in [-0.39, 0.29) is 5.92 Å². The van der Waals surface area contributed by atoms with Gasteiger partial charge in [0.25, 0.3) is 0 Å². The van der Waals surface area contributed by atoms with E-state index in [4.69, 9.17) is 0 Å². The Hall–Kier alpha value is -0.580. The number of para-hydroxylation sites is 1. The topological polar surface area (TPSA) is 20.3 Å². The Morgan fingerprint density at radius 2 is 1.94 bits per heavy atom. The van der Waals surface area contributed by atoms with Gasteiger partial charge in [0.1, 0.15) is 0 Å². The van der Waals surface area contributed by atoms with Crippen LogP contribution in [-0.2, 0) is 0 Å². The molecule has 0 spiro atoms. The molecule has 16 heavy (non-hydrogen) atoms. The van der Waals surface area contributed by atoms with Crippen molar-refractivity contribution in [1.82, 2.24) is 0 Å². The Kier molecular flexibility index (Phi) is 2.65. The zero-order chi connectivity index (χ0) is 11.1. The molecular weight excluding hydrogens is 313 g/mol. The fourth-order valence-corrected chi connectivity index (χ4v) is 4.02. The molecule has 2 unspecified atom stereocenters. The maximum absolute atomic E-state index is 12.4. The lowest BCUT2D eigenvalue weighted by Gasteiger charge is -2.41. The maximum Gasteiger partial charge on any atom is 0.170 e. The van der Waals surface area contributed by atoms with Crippen molar-refractivity contribution in [2.75, 3.05) is 3.11 Å². The van der Waals surface area contributed by atoms with Crippen LogP contribution in [-0.4, -0.2) is 11.8 Å². The molecule has 1 aromatic carbocycles. The lowest BCUT2D eigenvalue weighted by Crippen LogP contribution is -2.45. The summed E-state index contributed by atoms with van der Waals surface area (Å²) in [6, 6.07) is 8.43. The van der Waals surface area contributed by atoms with Crippen LogP contribution in [0.5, 0.6) is 0 Å². The summed E-state index contributed by atoms with van der Waals surface area (Å²) in [6.45, 7) is 0. The van der Waals surface area contributed by atoms with Crippen LogP contribution >= 0.6 is 22.9 Å². The molecule has 84 valence electrons. The molecule has 2 nitrogen and oxygen atoms in total. The zero-order valence-electron chi connectivity index (χ0n) is 9.03. The second kappa shape index (κ2) is 4.02. The molecule has 0 saturated heterocycles. The van der Waals surface area contributed by atoms with Gasteiger partial charge < -0.3 is 3.11 Å². The molecule has 1 fully saturated rings. The highest BCUT2D eigenvalue weighted by molar-refractivity contribution is 14.1. The fraction of sp³-hybridized carbons (Fsp3) is 0.462. The molecule has 3 rings (SSSR count). The first-order valence-corrected chi connectivity index (χ1v) is 6.84. The first-order valence-electron chi connectivity index (χ1n) is 5.87. The second-order valence-electron chi connectivity index (χ2n) is 4.65. The summed E-state index contributed by atoms with van der Waals surface area (Å²) in [6.07, 6.45) is 4.70. The van der Waals surface area contributed by atoms with Gasteiger partial charge in [0.15, 0.2) is 5.78 Å². The first-order chi connectivity index (χ1) is 7.79. The van der Waals surface area contributed by atoms with E-state index in [1.165, 1.54) is 12.8 Å². The largest absolute Gasteiger partial charge is 0.310 e. The van der Waals surface area contributed by atoms with Crippen molar-refractivity contribution in [1.29, 1.82) is 0 Å². The van der Waals surface area contributed by atoms with Crippen molar-refractivity contribution in [2.24, 2.45) is 5.92 Å². The number of carbonyl (C=O) groups is 1. The van der Waals surface area contributed by atoms with Crippen LogP contribution in [0, 0.1) is 5.92 Å². The molecule has 3 heteroatoms. The van der Waals surface area contributed by atoms with Gasteiger partial charge in [-0.25, -0.2) is 0 Å². The van der Waals surface area contributed by atoms with Gasteiger partial charge in [-0.2, -0.15) is 0 Å². The Morgan fingerprint density at radius 3 is 2.81 bits per heavy atom. The minimum Gasteiger partial charge on any atom is -0.310 e. The van der Waals surface area contributed by atoms with Gasteiger partial charge in [-0.15, -0.1) is 0 Å². The number of Topliss-reactive ketones (excluding diaryl/α,β-unsaturated/α-hetero) is 1. The van der Waals surface area contributed by atoms with E-state index in [1.54, 1.807) is 0 Å². The molecule has 1 aliphatic heterocycles. The summed E-state index contributed by atoms with van der Waals surface area (Å²) in [5, 5.41) is 0. The number of benzene rings is 1. The van der Waals surface area contributed by atoms with E-state index in [9.17, 15) is 4.79 Å². The minimum absolute atomic E-state index is 0.237. The van der Waals surface area contributed by atoms with Crippen molar-refractivity contribution in [3.63, 3.8) is 0 Å². The highest BCUT2D eigenvalue weighted by Crippen LogP contribution is 2.42. The normalized spacial score (nSPS) is 28.6. The lowest BCUT2D eigenvalue weighted by molar-refractivity contribution is 0.0864. The Balaban J connectivity index is 2.09. The van der Waals surface area contributed by atoms with Crippen molar-refractivity contribution in [3.8, 4) is 0 Å². The Labute approximate surface area is 110 Å². The number of fused-ring (bicyclic) bond motifs is 2. The third-order valence-electron chi connectivity index (χ3n) is 3.76. The molecule has 1 saturated carbocycles. The summed E-state index contributed by atoms with van der Waals surface area (Å²) in [5.74, 6) is 0.605. The van der Waals surface area contributed by atoms with E-state index >= 15 is 0 Å². The number of rotatable bonds is 0. The summed E-state index contributed by atoms with van der Waals surface area (Å²) >= 11 is 2.37. The van der Waals surface area contributed by atoms with Crippen LogP contribution in [0.2, 0.25) is 0 Å². The highest BCUT2D eigenvalue weighted by Gasteiger charge is 2.40. The molecule has 1 heterocycles. The summed E-state index contributed by atoms with van der Waals surface area (Å²) < 4.78 is 2.29. The second-order valence-corrected chi connectivity index (χ2v) is 5.69. The third-order valence-corrected chi connectivity index (χ3v) is 4.99. The minimum atomic E-state index is 0.237. The summed E-state index contributed by atoms with van der Waals surface area (Å²) in [7, 11) is 0. The Bertz CT molecular complexity index is 432. The van der Waals surface area contributed by atoms with Crippen LogP contribution < -0.4 is 3.11 Å². The standard InChI is InChI=1S/C13H14INO/c14-15-11-7-3-1-5-9(11)13(16)10-6-2-4-8-12(10)15/h1,3,5,7,10,12H,2,4,6,8H2. The third kappa shape index (κ3) is 1.48. The van der Waals surface area contributed by atoms with Crippen molar-refractivity contribution < 1.29 is 4.79 Å². The maximum atomic E-state index is 12.4. The van der Waals surface area contributed by atoms with E-state index in [0.717, 1.165) is 24.1 Å².